The molecule has 0 amide bonds. The molecule has 1 aromatic heterocycles. The van der Waals surface area contributed by atoms with Crippen LogP contribution >= 0.6 is 0 Å². The third-order valence-corrected chi connectivity index (χ3v) is 2.67. The molecular formula is C14H15F2N3. The number of allylic oxidation sites excluding steroid dienone is 1. The van der Waals surface area contributed by atoms with Gasteiger partial charge in [-0.2, -0.15) is 0 Å². The summed E-state index contributed by atoms with van der Waals surface area (Å²) in [6, 6.07) is 3.39. The van der Waals surface area contributed by atoms with Crippen molar-refractivity contribution in [1.82, 2.24) is 9.55 Å². The molecule has 1 heterocycles. The first kappa shape index (κ1) is 13.3. The fraction of sp³-hybridized carbons (Fsp3) is 0.214. The van der Waals surface area contributed by atoms with Gasteiger partial charge < -0.3 is 9.88 Å². The summed E-state index contributed by atoms with van der Waals surface area (Å²) in [7, 11) is 0. The Morgan fingerprint density at radius 3 is 2.95 bits per heavy atom. The first-order valence-electron chi connectivity index (χ1n) is 5.92. The molecule has 2 rings (SSSR count). The first-order chi connectivity index (χ1) is 9.10. The maximum Gasteiger partial charge on any atom is 0.203 e. The zero-order valence-corrected chi connectivity index (χ0v) is 10.7. The van der Waals surface area contributed by atoms with E-state index in [1.807, 2.05) is 17.7 Å². The molecule has 19 heavy (non-hydrogen) atoms. The molecule has 1 aromatic carbocycles. The summed E-state index contributed by atoms with van der Waals surface area (Å²) < 4.78 is 28.4. The summed E-state index contributed by atoms with van der Waals surface area (Å²) in [5.41, 5.74) is 1.12. The molecule has 0 radical (unpaired) electrons. The topological polar surface area (TPSA) is 29.9 Å². The average molecular weight is 263 g/mol. The van der Waals surface area contributed by atoms with Crippen molar-refractivity contribution in [3.8, 4) is 0 Å². The van der Waals surface area contributed by atoms with Crippen LogP contribution in [0.1, 0.15) is 11.3 Å². The molecule has 0 saturated heterocycles. The predicted octanol–water partition coefficient (Wildman–Crippen LogP) is 3.27. The van der Waals surface area contributed by atoms with Crippen molar-refractivity contribution >= 4 is 5.95 Å². The molecule has 3 nitrogen and oxygen atoms in total. The summed E-state index contributed by atoms with van der Waals surface area (Å²) in [4.78, 5) is 4.28. The van der Waals surface area contributed by atoms with Gasteiger partial charge in [0, 0.05) is 24.8 Å². The van der Waals surface area contributed by atoms with E-state index in [0.717, 1.165) is 17.8 Å². The summed E-state index contributed by atoms with van der Waals surface area (Å²) >= 11 is 0. The predicted molar refractivity (Wildman–Crippen MR) is 70.8 cm³/mol. The molecule has 0 aliphatic heterocycles. The van der Waals surface area contributed by atoms with Gasteiger partial charge in [-0.15, -0.1) is 6.58 Å². The van der Waals surface area contributed by atoms with E-state index in [4.69, 9.17) is 0 Å². The summed E-state index contributed by atoms with van der Waals surface area (Å²) in [6.07, 6.45) is 3.61. The highest BCUT2D eigenvalue weighted by Gasteiger charge is 2.07. The van der Waals surface area contributed by atoms with E-state index in [9.17, 15) is 8.78 Å². The number of anilines is 1. The highest BCUT2D eigenvalue weighted by atomic mass is 19.1. The Kier molecular flexibility index (Phi) is 3.94. The van der Waals surface area contributed by atoms with Crippen LogP contribution in [0.5, 0.6) is 0 Å². The average Bonchev–Trinajstić information content (AvgIpc) is 2.71. The van der Waals surface area contributed by atoms with E-state index in [1.54, 1.807) is 6.08 Å². The number of benzene rings is 1. The number of aromatic nitrogens is 2. The minimum absolute atomic E-state index is 0.178. The Balaban J connectivity index is 2.13. The van der Waals surface area contributed by atoms with Crippen LogP contribution in [0.25, 0.3) is 0 Å². The second-order valence-electron chi connectivity index (χ2n) is 4.24. The van der Waals surface area contributed by atoms with Crippen LogP contribution in [-0.4, -0.2) is 9.55 Å². The minimum atomic E-state index is -0.455. The Hall–Kier alpha value is -2.17. The van der Waals surface area contributed by atoms with Gasteiger partial charge in [0.15, 0.2) is 0 Å². The molecule has 0 fully saturated rings. The van der Waals surface area contributed by atoms with Crippen molar-refractivity contribution in [2.75, 3.05) is 5.32 Å². The number of nitrogens with one attached hydrogen (secondary N) is 1. The molecule has 0 atom stereocenters. The van der Waals surface area contributed by atoms with E-state index < -0.39 is 11.6 Å². The molecule has 2 aromatic rings. The highest BCUT2D eigenvalue weighted by Crippen LogP contribution is 2.13. The Morgan fingerprint density at radius 1 is 1.42 bits per heavy atom. The minimum Gasteiger partial charge on any atom is -0.351 e. The Morgan fingerprint density at radius 2 is 2.21 bits per heavy atom. The van der Waals surface area contributed by atoms with Crippen molar-refractivity contribution in [1.29, 1.82) is 0 Å². The number of halogens is 2. The molecule has 0 saturated carbocycles. The summed E-state index contributed by atoms with van der Waals surface area (Å²) in [5.74, 6) is -0.280. The smallest absolute Gasteiger partial charge is 0.203 e. The summed E-state index contributed by atoms with van der Waals surface area (Å²) in [5, 5.41) is 3.00. The number of nitrogens with zero attached hydrogens (tertiary/aromatic N) is 2. The lowest BCUT2D eigenvalue weighted by molar-refractivity contribution is 0.587. The second kappa shape index (κ2) is 5.65. The standard InChI is InChI=1S/C14H15F2N3/c1-3-6-19-9-10(2)18-14(19)17-8-11-7-12(15)4-5-13(11)16/h3-5,7,9H,1,6,8H2,2H3,(H,17,18). The lowest BCUT2D eigenvalue weighted by Gasteiger charge is -2.08. The number of hydrogen-bond acceptors (Lipinski definition) is 2. The van der Waals surface area contributed by atoms with E-state index in [2.05, 4.69) is 16.9 Å². The quantitative estimate of drug-likeness (QED) is 0.839. The van der Waals surface area contributed by atoms with Crippen LogP contribution in [0.3, 0.4) is 0 Å². The van der Waals surface area contributed by atoms with Crippen LogP contribution in [0.4, 0.5) is 14.7 Å². The van der Waals surface area contributed by atoms with E-state index in [-0.39, 0.29) is 12.1 Å². The molecule has 0 bridgehead atoms. The normalized spacial score (nSPS) is 10.5. The van der Waals surface area contributed by atoms with Gasteiger partial charge in [-0.1, -0.05) is 6.08 Å². The third-order valence-electron chi connectivity index (χ3n) is 2.67. The van der Waals surface area contributed by atoms with Crippen LogP contribution in [-0.2, 0) is 13.1 Å². The van der Waals surface area contributed by atoms with E-state index in [1.165, 1.54) is 6.07 Å². The molecule has 0 spiro atoms. The molecular weight excluding hydrogens is 248 g/mol. The van der Waals surface area contributed by atoms with Gasteiger partial charge in [0.1, 0.15) is 11.6 Å². The lowest BCUT2D eigenvalue weighted by atomic mass is 10.2. The Bertz CT molecular complexity index is 590. The zero-order valence-electron chi connectivity index (χ0n) is 10.7. The van der Waals surface area contributed by atoms with Gasteiger partial charge in [-0.3, -0.25) is 0 Å². The fourth-order valence-corrected chi connectivity index (χ4v) is 1.82. The van der Waals surface area contributed by atoms with Crippen LogP contribution in [0.15, 0.2) is 37.1 Å². The van der Waals surface area contributed by atoms with Crippen LogP contribution < -0.4 is 5.32 Å². The van der Waals surface area contributed by atoms with Crippen molar-refractivity contribution in [2.45, 2.75) is 20.0 Å². The molecule has 5 heteroatoms. The number of aryl methyl sites for hydroxylation is 1. The van der Waals surface area contributed by atoms with E-state index >= 15 is 0 Å². The van der Waals surface area contributed by atoms with Gasteiger partial charge in [-0.25, -0.2) is 13.8 Å². The van der Waals surface area contributed by atoms with Crippen LogP contribution in [0, 0.1) is 18.6 Å². The summed E-state index contributed by atoms with van der Waals surface area (Å²) in [6.45, 7) is 6.32. The van der Waals surface area contributed by atoms with Crippen molar-refractivity contribution in [3.63, 3.8) is 0 Å². The van der Waals surface area contributed by atoms with Gasteiger partial charge in [0.25, 0.3) is 0 Å². The molecule has 0 unspecified atom stereocenters. The molecule has 0 aliphatic rings. The number of imidazole rings is 1. The molecule has 100 valence electrons. The van der Waals surface area contributed by atoms with Crippen molar-refractivity contribution in [2.24, 2.45) is 0 Å². The van der Waals surface area contributed by atoms with Crippen molar-refractivity contribution < 1.29 is 8.78 Å². The SMILES string of the molecule is C=CCn1cc(C)nc1NCc1cc(F)ccc1F. The third kappa shape index (κ3) is 3.19. The van der Waals surface area contributed by atoms with Gasteiger partial charge >= 0.3 is 0 Å². The second-order valence-corrected chi connectivity index (χ2v) is 4.24. The van der Waals surface area contributed by atoms with Crippen LogP contribution in [0.2, 0.25) is 0 Å². The molecule has 0 aliphatic carbocycles. The number of rotatable bonds is 5. The fourth-order valence-electron chi connectivity index (χ4n) is 1.82. The maximum atomic E-state index is 13.5. The maximum absolute atomic E-state index is 13.5. The van der Waals surface area contributed by atoms with Crippen molar-refractivity contribution in [3.05, 3.63) is 59.9 Å². The zero-order chi connectivity index (χ0) is 13.8. The Labute approximate surface area is 110 Å². The highest BCUT2D eigenvalue weighted by molar-refractivity contribution is 5.32. The largest absolute Gasteiger partial charge is 0.351 e. The van der Waals surface area contributed by atoms with Gasteiger partial charge in [0.05, 0.1) is 5.69 Å². The van der Waals surface area contributed by atoms with Gasteiger partial charge in [0.2, 0.25) is 5.95 Å². The number of hydrogen-bond donors (Lipinski definition) is 1. The van der Waals surface area contributed by atoms with Gasteiger partial charge in [-0.05, 0) is 25.1 Å². The van der Waals surface area contributed by atoms with E-state index in [0.29, 0.717) is 12.5 Å². The lowest BCUT2D eigenvalue weighted by Crippen LogP contribution is -2.08. The monoisotopic (exact) mass is 263 g/mol. The molecule has 1 N–H and O–H groups in total. The first-order valence-corrected chi connectivity index (χ1v) is 5.92.